The summed E-state index contributed by atoms with van der Waals surface area (Å²) in [6.45, 7) is 3.25. The molecule has 2 aromatic heterocycles. The van der Waals surface area contributed by atoms with Crippen LogP contribution in [0.2, 0.25) is 5.02 Å². The van der Waals surface area contributed by atoms with Crippen molar-refractivity contribution in [2.45, 2.75) is 32.4 Å². The van der Waals surface area contributed by atoms with Crippen LogP contribution in [0, 0.1) is 0 Å². The van der Waals surface area contributed by atoms with Gasteiger partial charge in [-0.25, -0.2) is 0 Å². The molecule has 134 valence electrons. The Morgan fingerprint density at radius 3 is 2.85 bits per heavy atom. The Morgan fingerprint density at radius 1 is 1.35 bits per heavy atom. The van der Waals surface area contributed by atoms with Crippen LogP contribution in [-0.2, 0) is 17.8 Å². The van der Waals surface area contributed by atoms with Gasteiger partial charge in [-0.15, -0.1) is 0 Å². The highest BCUT2D eigenvalue weighted by Crippen LogP contribution is 2.30. The number of aromatic nitrogens is 4. The second-order valence-electron chi connectivity index (χ2n) is 6.46. The Hall–Kier alpha value is -2.60. The Kier molecular flexibility index (Phi) is 4.51. The maximum Gasteiger partial charge on any atom is 0.247 e. The van der Waals surface area contributed by atoms with Gasteiger partial charge in [0, 0.05) is 53.7 Å². The molecular weight excluding hydrogens is 350 g/mol. The standard InChI is InChI=1S/C19H20ClN5O/c1-2-17(25-10-3-9-21-25)19(26)24-11-8-16-15(12-24)18(23-22-16)13-4-6-14(20)7-5-13/h3-7,9-10,17H,2,8,11-12H2,1H3,(H,22,23)/t17-/m0/s1. The minimum atomic E-state index is -0.266. The summed E-state index contributed by atoms with van der Waals surface area (Å²) in [4.78, 5) is 15.0. The molecule has 1 aliphatic heterocycles. The smallest absolute Gasteiger partial charge is 0.247 e. The Bertz CT molecular complexity index is 901. The van der Waals surface area contributed by atoms with Crippen molar-refractivity contribution in [2.75, 3.05) is 6.54 Å². The summed E-state index contributed by atoms with van der Waals surface area (Å²) in [6, 6.07) is 9.20. The first-order chi connectivity index (χ1) is 12.7. The summed E-state index contributed by atoms with van der Waals surface area (Å²) in [5, 5.41) is 12.6. The molecule has 0 radical (unpaired) electrons. The predicted octanol–water partition coefficient (Wildman–Crippen LogP) is 3.46. The van der Waals surface area contributed by atoms with Gasteiger partial charge in [0.15, 0.2) is 0 Å². The lowest BCUT2D eigenvalue weighted by Crippen LogP contribution is -2.40. The summed E-state index contributed by atoms with van der Waals surface area (Å²) in [7, 11) is 0. The van der Waals surface area contributed by atoms with Crippen LogP contribution >= 0.6 is 11.6 Å². The molecule has 7 heteroatoms. The zero-order chi connectivity index (χ0) is 18.1. The molecule has 1 aliphatic rings. The maximum absolute atomic E-state index is 13.1. The van der Waals surface area contributed by atoms with Crippen LogP contribution in [-0.4, -0.2) is 37.3 Å². The fourth-order valence-corrected chi connectivity index (χ4v) is 3.61. The average molecular weight is 370 g/mol. The third-order valence-electron chi connectivity index (χ3n) is 4.88. The van der Waals surface area contributed by atoms with E-state index in [9.17, 15) is 4.79 Å². The highest BCUT2D eigenvalue weighted by molar-refractivity contribution is 6.30. The van der Waals surface area contributed by atoms with Gasteiger partial charge in [-0.2, -0.15) is 10.2 Å². The van der Waals surface area contributed by atoms with E-state index in [4.69, 9.17) is 11.6 Å². The van der Waals surface area contributed by atoms with Crippen LogP contribution in [0.25, 0.3) is 11.3 Å². The lowest BCUT2D eigenvalue weighted by atomic mass is 10.00. The fraction of sp³-hybridized carbons (Fsp3) is 0.316. The van der Waals surface area contributed by atoms with Crippen molar-refractivity contribution >= 4 is 17.5 Å². The van der Waals surface area contributed by atoms with Crippen molar-refractivity contribution in [3.8, 4) is 11.3 Å². The Labute approximate surface area is 156 Å². The SMILES string of the molecule is CC[C@@H](C(=O)N1CCc2[nH]nc(-c3ccc(Cl)cc3)c2C1)n1cccn1. The van der Waals surface area contributed by atoms with Gasteiger partial charge in [0.2, 0.25) is 5.91 Å². The molecule has 0 fully saturated rings. The van der Waals surface area contributed by atoms with E-state index in [-0.39, 0.29) is 11.9 Å². The number of carbonyl (C=O) groups is 1. The quantitative estimate of drug-likeness (QED) is 0.765. The molecule has 26 heavy (non-hydrogen) atoms. The van der Waals surface area contributed by atoms with Gasteiger partial charge in [-0.05, 0) is 24.6 Å². The van der Waals surface area contributed by atoms with Crippen LogP contribution in [0.5, 0.6) is 0 Å². The first-order valence-corrected chi connectivity index (χ1v) is 9.15. The number of fused-ring (bicyclic) bond motifs is 1. The van der Waals surface area contributed by atoms with Gasteiger partial charge in [0.25, 0.3) is 0 Å². The van der Waals surface area contributed by atoms with E-state index >= 15 is 0 Å². The molecule has 0 bridgehead atoms. The molecule has 1 N–H and O–H groups in total. The zero-order valence-electron chi connectivity index (χ0n) is 14.5. The second-order valence-corrected chi connectivity index (χ2v) is 6.89. The number of amides is 1. The van der Waals surface area contributed by atoms with Crippen molar-refractivity contribution in [2.24, 2.45) is 0 Å². The summed E-state index contributed by atoms with van der Waals surface area (Å²) < 4.78 is 1.74. The predicted molar refractivity (Wildman–Crippen MR) is 99.7 cm³/mol. The lowest BCUT2D eigenvalue weighted by molar-refractivity contribution is -0.136. The molecule has 1 amide bonds. The third kappa shape index (κ3) is 3.01. The van der Waals surface area contributed by atoms with E-state index in [1.807, 2.05) is 48.4 Å². The van der Waals surface area contributed by atoms with Crippen LogP contribution in [0.3, 0.4) is 0 Å². The first-order valence-electron chi connectivity index (χ1n) is 8.77. The summed E-state index contributed by atoms with van der Waals surface area (Å²) in [5.41, 5.74) is 4.08. The number of benzene rings is 1. The fourth-order valence-electron chi connectivity index (χ4n) is 3.48. The molecule has 0 unspecified atom stereocenters. The highest BCUT2D eigenvalue weighted by atomic mass is 35.5. The molecule has 1 atom stereocenters. The number of carbonyl (C=O) groups excluding carboxylic acids is 1. The molecule has 4 rings (SSSR count). The number of rotatable bonds is 4. The van der Waals surface area contributed by atoms with Gasteiger partial charge in [0.1, 0.15) is 6.04 Å². The van der Waals surface area contributed by atoms with Gasteiger partial charge >= 0.3 is 0 Å². The van der Waals surface area contributed by atoms with Crippen molar-refractivity contribution in [1.29, 1.82) is 0 Å². The molecule has 0 spiro atoms. The van der Waals surface area contributed by atoms with Crippen LogP contribution < -0.4 is 0 Å². The van der Waals surface area contributed by atoms with Crippen LogP contribution in [0.4, 0.5) is 0 Å². The largest absolute Gasteiger partial charge is 0.336 e. The lowest BCUT2D eigenvalue weighted by Gasteiger charge is -2.30. The van der Waals surface area contributed by atoms with Crippen LogP contribution in [0.15, 0.2) is 42.7 Å². The van der Waals surface area contributed by atoms with Gasteiger partial charge < -0.3 is 4.90 Å². The first kappa shape index (κ1) is 16.8. The maximum atomic E-state index is 13.1. The number of aromatic amines is 1. The van der Waals surface area contributed by atoms with E-state index < -0.39 is 0 Å². The van der Waals surface area contributed by atoms with E-state index in [0.717, 1.165) is 28.9 Å². The number of halogens is 1. The van der Waals surface area contributed by atoms with Crippen molar-refractivity contribution in [3.63, 3.8) is 0 Å². The Balaban J connectivity index is 1.60. The molecule has 3 aromatic rings. The number of hydrogen-bond acceptors (Lipinski definition) is 3. The number of hydrogen-bond donors (Lipinski definition) is 1. The van der Waals surface area contributed by atoms with Gasteiger partial charge in [-0.1, -0.05) is 30.7 Å². The van der Waals surface area contributed by atoms with Crippen molar-refractivity contribution in [1.82, 2.24) is 24.9 Å². The van der Waals surface area contributed by atoms with Crippen molar-refractivity contribution in [3.05, 3.63) is 59.0 Å². The molecule has 1 aromatic carbocycles. The summed E-state index contributed by atoms with van der Waals surface area (Å²) in [6.07, 6.45) is 5.04. The van der Waals surface area contributed by atoms with E-state index in [1.54, 1.807) is 10.9 Å². The van der Waals surface area contributed by atoms with Gasteiger partial charge in [0.05, 0.1) is 5.69 Å². The van der Waals surface area contributed by atoms with E-state index in [1.165, 1.54) is 0 Å². The average Bonchev–Trinajstić information content (AvgIpc) is 3.32. The topological polar surface area (TPSA) is 66.8 Å². The zero-order valence-corrected chi connectivity index (χ0v) is 15.3. The van der Waals surface area contributed by atoms with Crippen LogP contribution in [0.1, 0.15) is 30.6 Å². The van der Waals surface area contributed by atoms with E-state index in [0.29, 0.717) is 24.5 Å². The molecule has 0 saturated carbocycles. The highest BCUT2D eigenvalue weighted by Gasteiger charge is 2.30. The summed E-state index contributed by atoms with van der Waals surface area (Å²) >= 11 is 5.99. The molecule has 0 aliphatic carbocycles. The third-order valence-corrected chi connectivity index (χ3v) is 5.13. The number of nitrogens with one attached hydrogen (secondary N) is 1. The Morgan fingerprint density at radius 2 is 2.15 bits per heavy atom. The second kappa shape index (κ2) is 6.96. The van der Waals surface area contributed by atoms with Crippen molar-refractivity contribution < 1.29 is 4.79 Å². The number of H-pyrrole nitrogens is 1. The normalized spacial score (nSPS) is 14.9. The minimum absolute atomic E-state index is 0.102. The minimum Gasteiger partial charge on any atom is -0.336 e. The molecular formula is C19H20ClN5O. The number of nitrogens with zero attached hydrogens (tertiary/aromatic N) is 4. The van der Waals surface area contributed by atoms with Gasteiger partial charge in [-0.3, -0.25) is 14.6 Å². The molecule has 0 saturated heterocycles. The van der Waals surface area contributed by atoms with E-state index in [2.05, 4.69) is 15.3 Å². The molecule has 3 heterocycles. The summed E-state index contributed by atoms with van der Waals surface area (Å²) in [5.74, 6) is 0.102. The monoisotopic (exact) mass is 369 g/mol. The molecule has 6 nitrogen and oxygen atoms in total.